The number of benzene rings is 2. The second kappa shape index (κ2) is 10.5. The number of carbonyl (C=O) groups is 2. The zero-order chi connectivity index (χ0) is 22.3. The molecule has 2 heterocycles. The fourth-order valence-corrected chi connectivity index (χ4v) is 4.41. The van der Waals surface area contributed by atoms with E-state index in [2.05, 4.69) is 22.5 Å². The van der Waals surface area contributed by atoms with Crippen LogP contribution in [0.2, 0.25) is 0 Å². The van der Waals surface area contributed by atoms with Gasteiger partial charge in [-0.2, -0.15) is 0 Å². The van der Waals surface area contributed by atoms with Crippen LogP contribution in [0.15, 0.2) is 54.3 Å². The van der Waals surface area contributed by atoms with Crippen molar-refractivity contribution in [1.82, 2.24) is 10.2 Å². The molecule has 0 aromatic heterocycles. The minimum absolute atomic E-state index is 0.140. The van der Waals surface area contributed by atoms with Crippen molar-refractivity contribution in [2.75, 3.05) is 25.0 Å². The highest BCUT2D eigenvalue weighted by atomic mass is 16.5. The van der Waals surface area contributed by atoms with Gasteiger partial charge in [-0.15, -0.1) is 0 Å². The second-order valence-corrected chi connectivity index (χ2v) is 8.39. The Morgan fingerprint density at radius 3 is 2.88 bits per heavy atom. The smallest absolute Gasteiger partial charge is 0.291 e. The normalized spacial score (nSPS) is 19.7. The van der Waals surface area contributed by atoms with Crippen molar-refractivity contribution in [3.8, 4) is 5.75 Å². The predicted octanol–water partition coefficient (Wildman–Crippen LogP) is 4.44. The van der Waals surface area contributed by atoms with Crippen LogP contribution in [0.25, 0.3) is 6.08 Å². The largest absolute Gasteiger partial charge is 0.449 e. The summed E-state index contributed by atoms with van der Waals surface area (Å²) < 4.78 is 5.78. The molecule has 0 bridgehead atoms. The number of piperidine rings is 1. The number of amides is 2. The van der Waals surface area contributed by atoms with E-state index in [1.54, 1.807) is 24.3 Å². The van der Waals surface area contributed by atoms with Gasteiger partial charge in [-0.3, -0.25) is 9.59 Å². The summed E-state index contributed by atoms with van der Waals surface area (Å²) >= 11 is 0. The zero-order valence-corrected chi connectivity index (χ0v) is 18.6. The molecule has 2 amide bonds. The number of carbonyl (C=O) groups excluding carboxylic acids is 2. The van der Waals surface area contributed by atoms with Crippen LogP contribution in [0, 0.1) is 0 Å². The molecular formula is C26H31N3O3. The summed E-state index contributed by atoms with van der Waals surface area (Å²) in [6.07, 6.45) is 7.71. The van der Waals surface area contributed by atoms with Crippen LogP contribution < -0.4 is 15.4 Å². The summed E-state index contributed by atoms with van der Waals surface area (Å²) in [5.41, 5.74) is 1.89. The summed E-state index contributed by atoms with van der Waals surface area (Å²) in [6.45, 7) is 5.07. The molecule has 168 valence electrons. The van der Waals surface area contributed by atoms with Gasteiger partial charge in [0.05, 0.1) is 5.69 Å². The summed E-state index contributed by atoms with van der Waals surface area (Å²) in [4.78, 5) is 27.6. The van der Waals surface area contributed by atoms with E-state index in [4.69, 9.17) is 4.74 Å². The third kappa shape index (κ3) is 5.37. The summed E-state index contributed by atoms with van der Waals surface area (Å²) in [7, 11) is 0. The average Bonchev–Trinajstić information content (AvgIpc) is 2.82. The molecule has 2 aromatic rings. The van der Waals surface area contributed by atoms with Crippen molar-refractivity contribution in [2.45, 2.75) is 45.1 Å². The number of hydrogen-bond donors (Lipinski definition) is 2. The van der Waals surface area contributed by atoms with Crippen molar-refractivity contribution in [2.24, 2.45) is 0 Å². The predicted molar refractivity (Wildman–Crippen MR) is 127 cm³/mol. The number of rotatable bonds is 7. The van der Waals surface area contributed by atoms with Crippen molar-refractivity contribution >= 4 is 23.6 Å². The van der Waals surface area contributed by atoms with Gasteiger partial charge in [0.15, 0.2) is 11.5 Å². The van der Waals surface area contributed by atoms with Crippen LogP contribution in [0.4, 0.5) is 5.69 Å². The summed E-state index contributed by atoms with van der Waals surface area (Å²) in [5.74, 6) is 0.285. The number of ether oxygens (including phenoxy) is 1. The van der Waals surface area contributed by atoms with E-state index in [0.717, 1.165) is 25.1 Å². The fourth-order valence-electron chi connectivity index (χ4n) is 4.41. The monoisotopic (exact) mass is 433 g/mol. The molecule has 1 saturated heterocycles. The number of fused-ring (bicyclic) bond motifs is 1. The molecule has 0 radical (unpaired) electrons. The van der Waals surface area contributed by atoms with Crippen LogP contribution in [-0.2, 0) is 4.79 Å². The van der Waals surface area contributed by atoms with E-state index in [9.17, 15) is 9.59 Å². The van der Waals surface area contributed by atoms with E-state index >= 15 is 0 Å². The maximum Gasteiger partial charge on any atom is 0.291 e. The van der Waals surface area contributed by atoms with E-state index in [1.165, 1.54) is 25.7 Å². The standard InChI is InChI=1S/C26H31N3O3/c1-2-21-11-6-7-15-29(21)16-8-14-27-25(30)20-12-13-23-22(18-20)28-26(31)24(32-23)17-19-9-4-3-5-10-19/h3-5,9-10,12-13,17-18,21H,2,6-8,11,14-16H2,1H3,(H,27,30)(H,28,31). The number of likely N-dealkylation sites (tertiary alicyclic amines) is 1. The van der Waals surface area contributed by atoms with Gasteiger partial charge in [-0.1, -0.05) is 43.7 Å². The van der Waals surface area contributed by atoms with Crippen LogP contribution in [0.3, 0.4) is 0 Å². The Kier molecular flexibility index (Phi) is 7.22. The molecule has 2 aromatic carbocycles. The van der Waals surface area contributed by atoms with Gasteiger partial charge >= 0.3 is 0 Å². The van der Waals surface area contributed by atoms with Gasteiger partial charge in [0.1, 0.15) is 0 Å². The lowest BCUT2D eigenvalue weighted by Crippen LogP contribution is -2.40. The number of hydrogen-bond acceptors (Lipinski definition) is 4. The lowest BCUT2D eigenvalue weighted by atomic mass is 10.00. The zero-order valence-electron chi connectivity index (χ0n) is 18.6. The molecule has 2 aliphatic heterocycles. The number of nitrogens with one attached hydrogen (secondary N) is 2. The molecule has 1 atom stereocenters. The average molecular weight is 434 g/mol. The maximum atomic E-state index is 12.6. The molecule has 6 heteroatoms. The van der Waals surface area contributed by atoms with Gasteiger partial charge in [-0.05, 0) is 62.1 Å². The Balaban J connectivity index is 1.32. The van der Waals surface area contributed by atoms with E-state index in [-0.39, 0.29) is 17.6 Å². The van der Waals surface area contributed by atoms with Gasteiger partial charge in [0.2, 0.25) is 0 Å². The molecular weight excluding hydrogens is 402 g/mol. The quantitative estimate of drug-likeness (QED) is 0.500. The minimum Gasteiger partial charge on any atom is -0.449 e. The topological polar surface area (TPSA) is 70.7 Å². The molecule has 1 fully saturated rings. The SMILES string of the molecule is CCC1CCCCN1CCCNC(=O)c1ccc2c(c1)NC(=O)C(=Cc1ccccc1)O2. The van der Waals surface area contributed by atoms with Crippen LogP contribution in [-0.4, -0.2) is 42.4 Å². The molecule has 4 rings (SSSR count). The first-order chi connectivity index (χ1) is 15.6. The number of anilines is 1. The van der Waals surface area contributed by atoms with Crippen molar-refractivity contribution in [3.05, 3.63) is 65.4 Å². The third-order valence-corrected chi connectivity index (χ3v) is 6.16. The van der Waals surface area contributed by atoms with Crippen LogP contribution >= 0.6 is 0 Å². The molecule has 0 spiro atoms. The highest BCUT2D eigenvalue weighted by molar-refractivity contribution is 6.09. The Hall–Kier alpha value is -3.12. The lowest BCUT2D eigenvalue weighted by Gasteiger charge is -2.35. The molecule has 0 aliphatic carbocycles. The molecule has 2 N–H and O–H groups in total. The highest BCUT2D eigenvalue weighted by Gasteiger charge is 2.23. The molecule has 1 unspecified atom stereocenters. The fraction of sp³-hybridized carbons (Fsp3) is 0.385. The van der Waals surface area contributed by atoms with Gasteiger partial charge in [-0.25, -0.2) is 0 Å². The van der Waals surface area contributed by atoms with Crippen molar-refractivity contribution < 1.29 is 14.3 Å². The molecule has 32 heavy (non-hydrogen) atoms. The van der Waals surface area contributed by atoms with Crippen LogP contribution in [0.1, 0.15) is 54.9 Å². The molecule has 2 aliphatic rings. The van der Waals surface area contributed by atoms with Crippen molar-refractivity contribution in [1.29, 1.82) is 0 Å². The Morgan fingerprint density at radius 1 is 1.22 bits per heavy atom. The van der Waals surface area contributed by atoms with E-state index in [0.29, 0.717) is 29.6 Å². The van der Waals surface area contributed by atoms with Gasteiger partial charge in [0.25, 0.3) is 11.8 Å². The molecule has 0 saturated carbocycles. The first-order valence-electron chi connectivity index (χ1n) is 11.6. The first-order valence-corrected chi connectivity index (χ1v) is 11.6. The molecule has 6 nitrogen and oxygen atoms in total. The van der Waals surface area contributed by atoms with E-state index in [1.807, 2.05) is 30.3 Å². The third-order valence-electron chi connectivity index (χ3n) is 6.16. The second-order valence-electron chi connectivity index (χ2n) is 8.39. The van der Waals surface area contributed by atoms with Crippen LogP contribution in [0.5, 0.6) is 5.75 Å². The first kappa shape index (κ1) is 22.1. The van der Waals surface area contributed by atoms with E-state index < -0.39 is 0 Å². The van der Waals surface area contributed by atoms with Gasteiger partial charge in [0, 0.05) is 24.7 Å². The van der Waals surface area contributed by atoms with Crippen molar-refractivity contribution in [3.63, 3.8) is 0 Å². The van der Waals surface area contributed by atoms with Gasteiger partial charge < -0.3 is 20.3 Å². The number of nitrogens with zero attached hydrogens (tertiary/aromatic N) is 1. The Labute approximate surface area is 189 Å². The highest BCUT2D eigenvalue weighted by Crippen LogP contribution is 2.32. The maximum absolute atomic E-state index is 12.6. The minimum atomic E-state index is -0.328. The lowest BCUT2D eigenvalue weighted by molar-refractivity contribution is -0.115. The summed E-state index contributed by atoms with van der Waals surface area (Å²) in [5, 5.41) is 5.83. The summed E-state index contributed by atoms with van der Waals surface area (Å²) in [6, 6.07) is 15.3. The Morgan fingerprint density at radius 2 is 2.06 bits per heavy atom. The Bertz CT molecular complexity index is 987.